The van der Waals surface area contributed by atoms with Crippen molar-refractivity contribution in [3.63, 3.8) is 0 Å². The molecule has 0 aliphatic carbocycles. The molecule has 396 valence electrons. The van der Waals surface area contributed by atoms with Crippen LogP contribution in [-0.4, -0.2) is 167 Å². The number of anilines is 1. The molecule has 0 saturated heterocycles. The molecule has 2 aromatic carbocycles. The number of carboxylic acids is 1. The lowest BCUT2D eigenvalue weighted by Gasteiger charge is -2.30. The van der Waals surface area contributed by atoms with Crippen LogP contribution in [0.4, 0.5) is 11.4 Å². The fourth-order valence-corrected chi connectivity index (χ4v) is 9.61. The second-order valence-corrected chi connectivity index (χ2v) is 20.0. The zero-order valence-corrected chi connectivity index (χ0v) is 43.5. The van der Waals surface area contributed by atoms with Gasteiger partial charge < -0.3 is 57.0 Å². The van der Waals surface area contributed by atoms with Gasteiger partial charge in [-0.1, -0.05) is 30.4 Å². The number of unbranched alkanes of at least 4 members (excludes halogenated alkanes) is 2. The largest absolute Gasteiger partial charge is 0.744 e. The summed E-state index contributed by atoms with van der Waals surface area (Å²) in [5.74, 6) is -0.861. The number of aliphatic carboxylic acids is 1. The number of likely N-dealkylation sites (N-methyl/N-ethyl adjacent to an activating group) is 1. The highest BCUT2D eigenvalue weighted by molar-refractivity contribution is 7.86. The third-order valence-electron chi connectivity index (χ3n) is 12.4. The van der Waals surface area contributed by atoms with Gasteiger partial charge in [0, 0.05) is 81.3 Å². The Morgan fingerprint density at radius 1 is 0.634 bits per heavy atom. The lowest BCUT2D eigenvalue weighted by molar-refractivity contribution is -0.438. The van der Waals surface area contributed by atoms with E-state index >= 15 is 0 Å². The van der Waals surface area contributed by atoms with Crippen LogP contribution in [0.3, 0.4) is 0 Å². The second kappa shape index (κ2) is 30.1. The number of hydrogen-bond acceptors (Lipinski definition) is 16. The predicted molar refractivity (Wildman–Crippen MR) is 266 cm³/mol. The van der Waals surface area contributed by atoms with Crippen molar-refractivity contribution in [3.05, 3.63) is 95.8 Å². The van der Waals surface area contributed by atoms with Crippen LogP contribution in [0.1, 0.15) is 70.4 Å². The number of carboxylic acid groups (broad SMARTS) is 1. The Kier molecular flexibility index (Phi) is 25.2. The smallest absolute Gasteiger partial charge is 0.303 e. The summed E-state index contributed by atoms with van der Waals surface area (Å²) >= 11 is 0. The van der Waals surface area contributed by atoms with Crippen molar-refractivity contribution in [2.24, 2.45) is 0 Å². The molecule has 0 bridgehead atoms. The monoisotopic (exact) mass is 1030 g/mol. The average molecular weight is 1030 g/mol. The van der Waals surface area contributed by atoms with E-state index in [0.29, 0.717) is 149 Å². The number of benzene rings is 2. The number of nitrogens with zero attached hydrogens (tertiary/aromatic N) is 2. The van der Waals surface area contributed by atoms with Crippen LogP contribution in [0.15, 0.2) is 94.4 Å². The van der Waals surface area contributed by atoms with E-state index in [9.17, 15) is 35.8 Å². The zero-order chi connectivity index (χ0) is 51.8. The normalized spacial score (nSPS) is 18.9. The molecule has 0 amide bonds. The summed E-state index contributed by atoms with van der Waals surface area (Å²) in [6.45, 7) is 12.8. The average Bonchev–Trinajstić information content (AvgIpc) is 3.70. The molecule has 0 radical (unpaired) electrons. The lowest BCUT2D eigenvalue weighted by atomic mass is 9.76. The van der Waals surface area contributed by atoms with Crippen molar-refractivity contribution in [2.75, 3.05) is 125 Å². The number of rotatable bonds is 37. The molecule has 18 nitrogen and oxygen atoms in total. The Bertz CT molecular complexity index is 2380. The standard InChI is InChI=1S/C51H74N2O16S2/c1-6-52-45-20-18-41(70(56,57)58)39-43(45)50(2,22-25-64-31-33-68-37-35-66-29-27-62-4)47(52)15-11-8-7-9-12-16-48-51(3,23-26-65-32-34-69-38-36-67-30-28-63-5)44-40-42(71(59,60)61)19-21-46(44)53(48)24-14-10-13-17-49(54)55/h7-9,11-12,15-16,18-21,39-40H,6,10,13-14,17,22-38H2,1-5H3,(H2-,54,55,56,57,58,59,60,61)/p-1. The van der Waals surface area contributed by atoms with Gasteiger partial charge in [-0.2, -0.15) is 4.58 Å². The summed E-state index contributed by atoms with van der Waals surface area (Å²) in [5.41, 5.74) is 3.19. The van der Waals surface area contributed by atoms with Gasteiger partial charge >= 0.3 is 5.97 Å². The van der Waals surface area contributed by atoms with Crippen LogP contribution < -0.4 is 4.90 Å². The van der Waals surface area contributed by atoms with Crippen LogP contribution >= 0.6 is 0 Å². The van der Waals surface area contributed by atoms with Crippen molar-refractivity contribution in [2.45, 2.75) is 79.9 Å². The molecule has 0 aromatic heterocycles. The first-order valence-electron chi connectivity index (χ1n) is 24.0. The second-order valence-electron chi connectivity index (χ2n) is 17.3. The molecule has 0 fully saturated rings. The van der Waals surface area contributed by atoms with Crippen LogP contribution in [0, 0.1) is 0 Å². The SMILES string of the molecule is CCN1/C(=C/C=C/C=C/C=C/C2=[N+](CCCCCC(=O)O)c3ccc(S(=O)(=O)[O-])cc3C2(C)CCOCCOCCOCCOC)C(C)(CCOCCOCCOCCOC)c2cc(S(=O)(=O)[O-])ccc21. The van der Waals surface area contributed by atoms with E-state index in [2.05, 4.69) is 9.48 Å². The lowest BCUT2D eigenvalue weighted by Crippen LogP contribution is -2.33. The summed E-state index contributed by atoms with van der Waals surface area (Å²) in [4.78, 5) is 12.7. The molecule has 20 heteroatoms. The molecule has 1 N–H and O–H groups in total. The van der Waals surface area contributed by atoms with Gasteiger partial charge in [0.2, 0.25) is 5.69 Å². The number of carbonyl (C=O) groups is 1. The highest BCUT2D eigenvalue weighted by Crippen LogP contribution is 2.50. The van der Waals surface area contributed by atoms with Crippen molar-refractivity contribution in [1.82, 2.24) is 0 Å². The maximum Gasteiger partial charge on any atom is 0.303 e. The minimum Gasteiger partial charge on any atom is -0.744 e. The first kappa shape index (κ1) is 59.4. The van der Waals surface area contributed by atoms with E-state index in [1.807, 2.05) is 63.3 Å². The maximum atomic E-state index is 12.3. The van der Waals surface area contributed by atoms with E-state index in [1.54, 1.807) is 26.4 Å². The highest BCUT2D eigenvalue weighted by atomic mass is 32.2. The predicted octanol–water partition coefficient (Wildman–Crippen LogP) is 6.02. The van der Waals surface area contributed by atoms with Gasteiger partial charge in [-0.3, -0.25) is 4.79 Å². The fraction of sp³-hybridized carbons (Fsp3) is 0.569. The van der Waals surface area contributed by atoms with Crippen molar-refractivity contribution < 1.29 is 78.3 Å². The molecule has 4 rings (SSSR count). The number of ether oxygens (including phenoxy) is 8. The summed E-state index contributed by atoms with van der Waals surface area (Å²) in [5, 5.41) is 9.21. The van der Waals surface area contributed by atoms with Gasteiger partial charge in [0.15, 0.2) is 5.71 Å². The first-order chi connectivity index (χ1) is 34.0. The van der Waals surface area contributed by atoms with Crippen molar-refractivity contribution in [3.8, 4) is 0 Å². The van der Waals surface area contributed by atoms with Crippen LogP contribution in [0.5, 0.6) is 0 Å². The topological polar surface area (TPSA) is 232 Å². The molecule has 2 aromatic rings. The number of hydrogen-bond donors (Lipinski definition) is 1. The van der Waals surface area contributed by atoms with Crippen molar-refractivity contribution in [1.29, 1.82) is 0 Å². The molecule has 2 aliphatic heterocycles. The van der Waals surface area contributed by atoms with Gasteiger partial charge in [-0.25, -0.2) is 16.8 Å². The molecule has 0 saturated carbocycles. The Hall–Kier alpha value is -4.16. The summed E-state index contributed by atoms with van der Waals surface area (Å²) in [6, 6.07) is 8.93. The third-order valence-corrected chi connectivity index (χ3v) is 14.0. The summed E-state index contributed by atoms with van der Waals surface area (Å²) in [7, 11) is -6.27. The molecule has 2 aliphatic rings. The number of allylic oxidation sites excluding steroid dienone is 8. The molecule has 71 heavy (non-hydrogen) atoms. The maximum absolute atomic E-state index is 12.3. The van der Waals surface area contributed by atoms with Gasteiger partial charge in [-0.05, 0) is 88.4 Å². The highest BCUT2D eigenvalue weighted by Gasteiger charge is 2.48. The molecule has 2 atom stereocenters. The molecule has 2 heterocycles. The Morgan fingerprint density at radius 2 is 1.11 bits per heavy atom. The third kappa shape index (κ3) is 18.1. The minimum absolute atomic E-state index is 0.0551. The molecular formula is C51H73N2O16S2-. The first-order valence-corrected chi connectivity index (χ1v) is 26.9. The zero-order valence-electron chi connectivity index (χ0n) is 41.8. The van der Waals surface area contributed by atoms with E-state index in [-0.39, 0.29) is 16.2 Å². The minimum atomic E-state index is -4.77. The molecule has 2 unspecified atom stereocenters. The van der Waals surface area contributed by atoms with Crippen LogP contribution in [0.25, 0.3) is 0 Å². The van der Waals surface area contributed by atoms with Crippen molar-refractivity contribution >= 4 is 43.3 Å². The Labute approximate surface area is 420 Å². The van der Waals surface area contributed by atoms with Gasteiger partial charge in [0.05, 0.1) is 94.5 Å². The van der Waals surface area contributed by atoms with E-state index < -0.39 is 37.0 Å². The van der Waals surface area contributed by atoms with Gasteiger partial charge in [-0.15, -0.1) is 0 Å². The Balaban J connectivity index is 1.56. The van der Waals surface area contributed by atoms with Crippen LogP contribution in [0.2, 0.25) is 0 Å². The number of methoxy groups -OCH3 is 2. The fourth-order valence-electron chi connectivity index (χ4n) is 8.61. The number of fused-ring (bicyclic) bond motifs is 2. The van der Waals surface area contributed by atoms with E-state index in [4.69, 9.17) is 37.9 Å². The summed E-state index contributed by atoms with van der Waals surface area (Å²) < 4.78 is 120. The van der Waals surface area contributed by atoms with Gasteiger partial charge in [0.1, 0.15) is 26.8 Å². The van der Waals surface area contributed by atoms with Gasteiger partial charge in [0.25, 0.3) is 0 Å². The molecule has 0 spiro atoms. The summed E-state index contributed by atoms with van der Waals surface area (Å²) in [6.07, 6.45) is 16.1. The van der Waals surface area contributed by atoms with Crippen LogP contribution in [-0.2, 0) is 73.8 Å². The quantitative estimate of drug-likeness (QED) is 0.0353. The molecular weight excluding hydrogens is 961 g/mol. The Morgan fingerprint density at radius 3 is 1.63 bits per heavy atom. The van der Waals surface area contributed by atoms with E-state index in [0.717, 1.165) is 22.8 Å². The van der Waals surface area contributed by atoms with E-state index in [1.165, 1.54) is 24.3 Å².